The lowest BCUT2D eigenvalue weighted by Crippen LogP contribution is -2.55. The van der Waals surface area contributed by atoms with Gasteiger partial charge in [0.05, 0.1) is 30.3 Å². The molecule has 2 atom stereocenters. The third-order valence-electron chi connectivity index (χ3n) is 7.57. The molecule has 1 fully saturated rings. The summed E-state index contributed by atoms with van der Waals surface area (Å²) in [5.74, 6) is -0.332. The number of carbonyl (C=O) groups excluding carboxylic acids is 2. The molecule has 8 nitrogen and oxygen atoms in total. The monoisotopic (exact) mass is 647 g/mol. The molecule has 232 valence electrons. The number of ether oxygens (including phenoxy) is 1. The summed E-state index contributed by atoms with van der Waals surface area (Å²) in [4.78, 5) is 36.0. The first-order valence-electron chi connectivity index (χ1n) is 14.0. The molecule has 2 heterocycles. The first-order chi connectivity index (χ1) is 21.0. The number of benzene rings is 3. The van der Waals surface area contributed by atoms with Crippen LogP contribution in [0.1, 0.15) is 41.3 Å². The Balaban J connectivity index is 1.64. The first kappa shape index (κ1) is 31.6. The maximum atomic E-state index is 14.5. The minimum Gasteiger partial charge on any atom is -0.493 e. The summed E-state index contributed by atoms with van der Waals surface area (Å²) in [5, 5.41) is 1.02. The molecule has 2 unspecified atom stereocenters. The number of halogens is 5. The highest BCUT2D eigenvalue weighted by Gasteiger charge is 2.45. The molecule has 2 N–H and O–H groups in total. The van der Waals surface area contributed by atoms with E-state index in [1.807, 2.05) is 17.0 Å². The van der Waals surface area contributed by atoms with Gasteiger partial charge in [-0.3, -0.25) is 19.6 Å². The van der Waals surface area contributed by atoms with E-state index in [2.05, 4.69) is 0 Å². The van der Waals surface area contributed by atoms with Crippen LogP contribution in [-0.4, -0.2) is 71.8 Å². The summed E-state index contributed by atoms with van der Waals surface area (Å²) in [6.45, 7) is 3.30. The third kappa shape index (κ3) is 6.80. The smallest absolute Gasteiger partial charge is 0.416 e. The number of amides is 3. The average Bonchev–Trinajstić information content (AvgIpc) is 3.37. The SMILES string of the molecule is CCOc1cc(C(F)(F)F)ccc1C1=NC(c2ccc(Cl)cc2)C(c2ccc(Cl)cc2)N1C(=O)N1CCN(CC(N)=O)CC1. The Hall–Kier alpha value is -3.80. The molecule has 5 rings (SSSR count). The van der Waals surface area contributed by atoms with Gasteiger partial charge in [-0.2, -0.15) is 13.2 Å². The lowest BCUT2D eigenvalue weighted by Gasteiger charge is -2.38. The maximum Gasteiger partial charge on any atom is 0.416 e. The lowest BCUT2D eigenvalue weighted by atomic mass is 9.93. The second kappa shape index (κ2) is 13.1. The van der Waals surface area contributed by atoms with E-state index in [9.17, 15) is 22.8 Å². The number of alkyl halides is 3. The van der Waals surface area contributed by atoms with Gasteiger partial charge in [-0.25, -0.2) is 4.79 Å². The van der Waals surface area contributed by atoms with Crippen molar-refractivity contribution >= 4 is 41.0 Å². The van der Waals surface area contributed by atoms with Gasteiger partial charge in [-0.05, 0) is 60.5 Å². The van der Waals surface area contributed by atoms with Crippen LogP contribution in [0.25, 0.3) is 0 Å². The van der Waals surface area contributed by atoms with Crippen molar-refractivity contribution in [3.05, 3.63) is 99.0 Å². The Kier molecular flexibility index (Phi) is 9.38. The highest BCUT2D eigenvalue weighted by molar-refractivity contribution is 6.30. The quantitative estimate of drug-likeness (QED) is 0.332. The van der Waals surface area contributed by atoms with Gasteiger partial charge in [-0.1, -0.05) is 47.5 Å². The van der Waals surface area contributed by atoms with Gasteiger partial charge >= 0.3 is 12.2 Å². The minimum absolute atomic E-state index is 0.0447. The van der Waals surface area contributed by atoms with Crippen LogP contribution in [-0.2, 0) is 11.0 Å². The molecule has 44 heavy (non-hydrogen) atoms. The predicted octanol–water partition coefficient (Wildman–Crippen LogP) is 6.18. The van der Waals surface area contributed by atoms with Gasteiger partial charge < -0.3 is 15.4 Å². The fourth-order valence-electron chi connectivity index (χ4n) is 5.48. The van der Waals surface area contributed by atoms with Crippen molar-refractivity contribution in [3.8, 4) is 5.75 Å². The molecule has 13 heteroatoms. The summed E-state index contributed by atoms with van der Waals surface area (Å²) in [6.07, 6.45) is -4.60. The van der Waals surface area contributed by atoms with Crippen LogP contribution in [0.4, 0.5) is 18.0 Å². The fraction of sp³-hybridized carbons (Fsp3) is 0.323. The molecular formula is C31H30Cl2F3N5O3. The van der Waals surface area contributed by atoms with Gasteiger partial charge in [0.2, 0.25) is 5.91 Å². The maximum absolute atomic E-state index is 14.5. The molecule has 1 saturated heterocycles. The van der Waals surface area contributed by atoms with Gasteiger partial charge in [0.15, 0.2) is 0 Å². The average molecular weight is 649 g/mol. The van der Waals surface area contributed by atoms with Crippen LogP contribution in [0.2, 0.25) is 10.0 Å². The highest BCUT2D eigenvalue weighted by Crippen LogP contribution is 2.46. The van der Waals surface area contributed by atoms with Crippen molar-refractivity contribution in [1.82, 2.24) is 14.7 Å². The minimum atomic E-state index is -4.60. The Morgan fingerprint density at radius 2 is 1.52 bits per heavy atom. The summed E-state index contributed by atoms with van der Waals surface area (Å²) in [5.41, 5.74) is 6.20. The third-order valence-corrected chi connectivity index (χ3v) is 8.07. The number of amidine groups is 1. The molecule has 2 aliphatic heterocycles. The van der Waals surface area contributed by atoms with E-state index in [0.29, 0.717) is 36.2 Å². The largest absolute Gasteiger partial charge is 0.493 e. The van der Waals surface area contributed by atoms with Crippen molar-refractivity contribution in [2.45, 2.75) is 25.2 Å². The zero-order valence-corrected chi connectivity index (χ0v) is 25.2. The standard InChI is InChI=1S/C31H30Cl2F3N5O3/c1-2-44-25-17-21(31(34,35)36)7-12-24(25)29-38-27(19-3-8-22(32)9-4-19)28(20-5-10-23(33)11-6-20)41(29)30(43)40-15-13-39(14-16-40)18-26(37)42/h3-12,17,27-28H,2,13-16,18H2,1H3,(H2,37,42). The zero-order chi connectivity index (χ0) is 31.6. The second-order valence-electron chi connectivity index (χ2n) is 10.5. The number of rotatable bonds is 7. The number of carbonyl (C=O) groups is 2. The zero-order valence-electron chi connectivity index (χ0n) is 23.7. The van der Waals surface area contributed by atoms with Crippen LogP contribution in [0.5, 0.6) is 5.75 Å². The van der Waals surface area contributed by atoms with Crippen molar-refractivity contribution in [2.24, 2.45) is 10.7 Å². The molecule has 0 saturated carbocycles. The van der Waals surface area contributed by atoms with Crippen LogP contribution in [0, 0.1) is 0 Å². The van der Waals surface area contributed by atoms with Gasteiger partial charge in [0, 0.05) is 36.2 Å². The Labute approximate surface area is 262 Å². The number of primary amides is 1. The lowest BCUT2D eigenvalue weighted by molar-refractivity contribution is -0.137. The molecule has 3 aromatic rings. The Bertz CT molecular complexity index is 1540. The summed E-state index contributed by atoms with van der Waals surface area (Å²) in [6, 6.07) is 15.6. The number of nitrogens with two attached hydrogens (primary N) is 1. The topological polar surface area (TPSA) is 91.5 Å². The molecule has 0 bridgehead atoms. The van der Waals surface area contributed by atoms with E-state index in [-0.39, 0.29) is 36.3 Å². The Morgan fingerprint density at radius 3 is 2.07 bits per heavy atom. The summed E-state index contributed by atoms with van der Waals surface area (Å²) >= 11 is 12.4. The fourth-order valence-corrected chi connectivity index (χ4v) is 5.73. The van der Waals surface area contributed by atoms with E-state index in [0.717, 1.165) is 23.3 Å². The first-order valence-corrected chi connectivity index (χ1v) is 14.7. The van der Waals surface area contributed by atoms with Gasteiger partial charge in [-0.15, -0.1) is 0 Å². The predicted molar refractivity (Wildman–Crippen MR) is 162 cm³/mol. The molecule has 2 aliphatic rings. The second-order valence-corrected chi connectivity index (χ2v) is 11.3. The van der Waals surface area contributed by atoms with Crippen molar-refractivity contribution in [3.63, 3.8) is 0 Å². The summed E-state index contributed by atoms with van der Waals surface area (Å²) < 4.78 is 46.8. The van der Waals surface area contributed by atoms with E-state index in [1.54, 1.807) is 48.2 Å². The molecule has 3 amide bonds. The summed E-state index contributed by atoms with van der Waals surface area (Å²) in [7, 11) is 0. The van der Waals surface area contributed by atoms with E-state index < -0.39 is 29.7 Å². The number of piperazine rings is 1. The number of aliphatic imine (C=N–C) groups is 1. The van der Waals surface area contributed by atoms with Crippen LogP contribution >= 0.6 is 23.2 Å². The van der Waals surface area contributed by atoms with Gasteiger partial charge in [0.25, 0.3) is 0 Å². The van der Waals surface area contributed by atoms with Crippen molar-refractivity contribution in [2.75, 3.05) is 39.3 Å². The molecule has 0 aromatic heterocycles. The number of urea groups is 1. The molecule has 0 spiro atoms. The number of hydrogen-bond acceptors (Lipinski definition) is 5. The number of nitrogens with zero attached hydrogens (tertiary/aromatic N) is 4. The van der Waals surface area contributed by atoms with Crippen LogP contribution < -0.4 is 10.5 Å². The Morgan fingerprint density at radius 1 is 0.932 bits per heavy atom. The molecule has 0 radical (unpaired) electrons. The normalized spacial score (nSPS) is 19.2. The van der Waals surface area contributed by atoms with Crippen molar-refractivity contribution < 1.29 is 27.5 Å². The molecule has 0 aliphatic carbocycles. The van der Waals surface area contributed by atoms with E-state index in [1.165, 1.54) is 11.0 Å². The van der Waals surface area contributed by atoms with E-state index >= 15 is 0 Å². The number of hydrogen-bond donors (Lipinski definition) is 1. The van der Waals surface area contributed by atoms with Gasteiger partial charge in [0.1, 0.15) is 17.6 Å². The van der Waals surface area contributed by atoms with Crippen LogP contribution in [0.15, 0.2) is 71.7 Å². The molecular weight excluding hydrogens is 618 g/mol. The highest BCUT2D eigenvalue weighted by atomic mass is 35.5. The van der Waals surface area contributed by atoms with Crippen molar-refractivity contribution in [1.29, 1.82) is 0 Å². The molecule has 3 aromatic carbocycles. The van der Waals surface area contributed by atoms with E-state index in [4.69, 9.17) is 38.7 Å². The van der Waals surface area contributed by atoms with Crippen LogP contribution in [0.3, 0.4) is 0 Å².